The van der Waals surface area contributed by atoms with Gasteiger partial charge in [0.05, 0.1) is 10.6 Å². The van der Waals surface area contributed by atoms with Crippen LogP contribution in [0.4, 0.5) is 13.2 Å². The second kappa shape index (κ2) is 6.95. The van der Waals surface area contributed by atoms with Gasteiger partial charge < -0.3 is 5.73 Å². The Labute approximate surface area is 125 Å². The van der Waals surface area contributed by atoms with E-state index in [9.17, 15) is 21.6 Å². The zero-order valence-corrected chi connectivity index (χ0v) is 12.6. The molecule has 0 aliphatic carbocycles. The molecule has 0 bridgehead atoms. The third-order valence-corrected chi connectivity index (χ3v) is 4.33. The van der Waals surface area contributed by atoms with Gasteiger partial charge in [0.15, 0.2) is 0 Å². The molecule has 0 aliphatic rings. The molecule has 1 rings (SSSR count). The summed E-state index contributed by atoms with van der Waals surface area (Å²) in [4.78, 5) is -0.414. The average molecular weight is 353 g/mol. The lowest BCUT2D eigenvalue weighted by molar-refractivity contribution is -0.137. The van der Waals surface area contributed by atoms with E-state index in [4.69, 9.17) is 17.3 Å². The molecule has 0 heterocycles. The Balaban J connectivity index is 0.00000361. The molecule has 0 saturated heterocycles. The molecule has 0 spiro atoms. The van der Waals surface area contributed by atoms with Crippen molar-refractivity contribution in [3.8, 4) is 0 Å². The summed E-state index contributed by atoms with van der Waals surface area (Å²) in [6.45, 7) is 1.58. The number of benzene rings is 1. The summed E-state index contributed by atoms with van der Waals surface area (Å²) in [6.07, 6.45) is -4.58. The fraction of sp³-hybridized carbons (Fsp3) is 0.400. The van der Waals surface area contributed by atoms with E-state index < -0.39 is 37.7 Å². The van der Waals surface area contributed by atoms with Crippen molar-refractivity contribution < 1.29 is 21.6 Å². The van der Waals surface area contributed by atoms with Crippen LogP contribution in [-0.2, 0) is 16.2 Å². The molecule has 0 amide bonds. The molecule has 0 saturated carbocycles. The Morgan fingerprint density at radius 2 is 1.95 bits per heavy atom. The standard InChI is InChI=1S/C10H12ClF3N2O2S.ClH/c1-6(5-15)16-19(17,18)9-3-2-7(4-8(9)11)10(12,13)14;/h2-4,6,16H,5,15H2,1H3;1H/t6-;/m0./s1. The number of alkyl halides is 3. The molecule has 1 atom stereocenters. The van der Waals surface area contributed by atoms with Crippen LogP contribution in [0.1, 0.15) is 12.5 Å². The average Bonchev–Trinajstić information content (AvgIpc) is 2.26. The summed E-state index contributed by atoms with van der Waals surface area (Å²) >= 11 is 5.60. The van der Waals surface area contributed by atoms with Crippen molar-refractivity contribution in [3.63, 3.8) is 0 Å². The number of sulfonamides is 1. The van der Waals surface area contributed by atoms with Gasteiger partial charge >= 0.3 is 6.18 Å². The molecule has 1 aromatic rings. The van der Waals surface area contributed by atoms with Crippen molar-refractivity contribution >= 4 is 34.0 Å². The first-order valence-corrected chi connectivity index (χ1v) is 7.03. The summed E-state index contributed by atoms with van der Waals surface area (Å²) in [7, 11) is -3.99. The zero-order chi connectivity index (χ0) is 14.8. The Kier molecular flexibility index (Phi) is 6.76. The smallest absolute Gasteiger partial charge is 0.329 e. The molecule has 0 fully saturated rings. The van der Waals surface area contributed by atoms with E-state index in [1.165, 1.54) is 6.92 Å². The van der Waals surface area contributed by atoms with Crippen LogP contribution < -0.4 is 10.5 Å². The van der Waals surface area contributed by atoms with E-state index in [-0.39, 0.29) is 19.0 Å². The van der Waals surface area contributed by atoms with Crippen LogP contribution in [0.25, 0.3) is 0 Å². The maximum absolute atomic E-state index is 12.4. The molecule has 3 N–H and O–H groups in total. The highest BCUT2D eigenvalue weighted by molar-refractivity contribution is 7.89. The Morgan fingerprint density at radius 1 is 1.40 bits per heavy atom. The lowest BCUT2D eigenvalue weighted by atomic mass is 10.2. The normalized spacial score (nSPS) is 13.7. The predicted molar refractivity (Wildman–Crippen MR) is 72.5 cm³/mol. The Bertz CT molecular complexity index is 564. The molecular weight excluding hydrogens is 340 g/mol. The van der Waals surface area contributed by atoms with Crippen molar-refractivity contribution in [2.75, 3.05) is 6.54 Å². The second-order valence-corrected chi connectivity index (χ2v) is 5.99. The van der Waals surface area contributed by atoms with Gasteiger partial charge in [0.2, 0.25) is 10.0 Å². The van der Waals surface area contributed by atoms with Crippen LogP contribution in [0.5, 0.6) is 0 Å². The van der Waals surface area contributed by atoms with Gasteiger partial charge in [0.25, 0.3) is 0 Å². The summed E-state index contributed by atoms with van der Waals surface area (Å²) in [5.74, 6) is 0. The Hall–Kier alpha value is -0.540. The highest BCUT2D eigenvalue weighted by Crippen LogP contribution is 2.33. The van der Waals surface area contributed by atoms with E-state index >= 15 is 0 Å². The molecule has 0 aromatic heterocycles. The van der Waals surface area contributed by atoms with Gasteiger partial charge in [-0.3, -0.25) is 0 Å². The number of nitrogens with two attached hydrogens (primary N) is 1. The predicted octanol–water partition coefficient (Wildman–Crippen LogP) is 2.41. The number of hydrogen-bond acceptors (Lipinski definition) is 3. The molecule has 4 nitrogen and oxygen atoms in total. The third-order valence-electron chi connectivity index (χ3n) is 2.26. The molecule has 10 heteroatoms. The zero-order valence-electron chi connectivity index (χ0n) is 10.2. The number of halogens is 5. The monoisotopic (exact) mass is 352 g/mol. The van der Waals surface area contributed by atoms with E-state index in [2.05, 4.69) is 4.72 Å². The third kappa shape index (κ3) is 4.78. The van der Waals surface area contributed by atoms with Gasteiger partial charge in [-0.15, -0.1) is 12.4 Å². The first kappa shape index (κ1) is 19.5. The molecular formula is C10H13Cl2F3N2O2S. The first-order chi connectivity index (χ1) is 8.58. The minimum Gasteiger partial charge on any atom is -0.329 e. The summed E-state index contributed by atoms with van der Waals surface area (Å²) < 4.78 is 63.2. The molecule has 1 aromatic carbocycles. The maximum atomic E-state index is 12.4. The molecule has 20 heavy (non-hydrogen) atoms. The van der Waals surface area contributed by atoms with Crippen LogP contribution in [-0.4, -0.2) is 21.0 Å². The maximum Gasteiger partial charge on any atom is 0.416 e. The highest BCUT2D eigenvalue weighted by atomic mass is 35.5. The lowest BCUT2D eigenvalue weighted by Gasteiger charge is -2.14. The first-order valence-electron chi connectivity index (χ1n) is 5.17. The summed E-state index contributed by atoms with van der Waals surface area (Å²) in [6, 6.07) is 1.50. The minimum atomic E-state index is -4.58. The van der Waals surface area contributed by atoms with Gasteiger partial charge in [0, 0.05) is 12.6 Å². The SMILES string of the molecule is C[C@@H](CN)NS(=O)(=O)c1ccc(C(F)(F)F)cc1Cl.Cl. The van der Waals surface area contributed by atoms with E-state index in [1.54, 1.807) is 0 Å². The fourth-order valence-electron chi connectivity index (χ4n) is 1.27. The highest BCUT2D eigenvalue weighted by Gasteiger charge is 2.32. The molecule has 116 valence electrons. The van der Waals surface area contributed by atoms with Crippen LogP contribution in [0.3, 0.4) is 0 Å². The largest absolute Gasteiger partial charge is 0.416 e. The van der Waals surface area contributed by atoms with Gasteiger partial charge in [-0.1, -0.05) is 11.6 Å². The fourth-order valence-corrected chi connectivity index (χ4v) is 3.07. The van der Waals surface area contributed by atoms with Crippen molar-refractivity contribution in [1.29, 1.82) is 0 Å². The second-order valence-electron chi connectivity index (χ2n) is 3.90. The summed E-state index contributed by atoms with van der Waals surface area (Å²) in [5.41, 5.74) is 4.26. The van der Waals surface area contributed by atoms with E-state index in [0.717, 1.165) is 6.07 Å². The van der Waals surface area contributed by atoms with Gasteiger partial charge in [-0.2, -0.15) is 13.2 Å². The van der Waals surface area contributed by atoms with Crippen LogP contribution in [0.15, 0.2) is 23.1 Å². The number of rotatable bonds is 4. The number of hydrogen-bond donors (Lipinski definition) is 2. The van der Waals surface area contributed by atoms with Crippen LogP contribution in [0.2, 0.25) is 5.02 Å². The number of nitrogens with one attached hydrogen (secondary N) is 1. The van der Waals surface area contributed by atoms with E-state index in [1.807, 2.05) is 0 Å². The van der Waals surface area contributed by atoms with Gasteiger partial charge in [-0.25, -0.2) is 13.1 Å². The van der Waals surface area contributed by atoms with Crippen molar-refractivity contribution in [3.05, 3.63) is 28.8 Å². The van der Waals surface area contributed by atoms with Gasteiger partial charge in [0.1, 0.15) is 4.90 Å². The van der Waals surface area contributed by atoms with Crippen molar-refractivity contribution in [2.24, 2.45) is 5.73 Å². The van der Waals surface area contributed by atoms with Crippen LogP contribution >= 0.6 is 24.0 Å². The lowest BCUT2D eigenvalue weighted by Crippen LogP contribution is -2.37. The molecule has 0 unspecified atom stereocenters. The van der Waals surface area contributed by atoms with Gasteiger partial charge in [-0.05, 0) is 25.1 Å². The quantitative estimate of drug-likeness (QED) is 0.873. The topological polar surface area (TPSA) is 72.2 Å². The minimum absolute atomic E-state index is 0. The van der Waals surface area contributed by atoms with Crippen molar-refractivity contribution in [1.82, 2.24) is 4.72 Å². The van der Waals surface area contributed by atoms with Crippen molar-refractivity contribution in [2.45, 2.75) is 24.0 Å². The summed E-state index contributed by atoms with van der Waals surface area (Å²) in [5, 5.41) is -0.494. The Morgan fingerprint density at radius 3 is 2.35 bits per heavy atom. The van der Waals surface area contributed by atoms with Crippen LogP contribution in [0, 0.1) is 0 Å². The molecule has 0 aliphatic heterocycles. The molecule has 0 radical (unpaired) electrons. The van der Waals surface area contributed by atoms with E-state index in [0.29, 0.717) is 12.1 Å².